The van der Waals surface area contributed by atoms with Gasteiger partial charge in [0.2, 0.25) is 0 Å². The Morgan fingerprint density at radius 3 is 1.23 bits per heavy atom. The first-order valence-electron chi connectivity index (χ1n) is 16.5. The molecule has 1 saturated carbocycles. The fourth-order valence-corrected chi connectivity index (χ4v) is 16.9. The van der Waals surface area contributed by atoms with Gasteiger partial charge in [0.1, 0.15) is 18.3 Å². The van der Waals surface area contributed by atoms with Crippen molar-refractivity contribution in [3.05, 3.63) is 121 Å². The zero-order valence-electron chi connectivity index (χ0n) is 28.3. The average Bonchev–Trinajstić information content (AvgIpc) is 3.46. The van der Waals surface area contributed by atoms with Crippen LogP contribution in [-0.4, -0.2) is 64.2 Å². The Labute approximate surface area is 285 Å². The second kappa shape index (κ2) is 12.9. The van der Waals surface area contributed by atoms with Crippen molar-refractivity contribution in [3.8, 4) is 0 Å². The number of hydrogen-bond acceptors (Lipinski definition) is 7. The second-order valence-corrected chi connectivity index (χ2v) is 23.2. The van der Waals surface area contributed by atoms with Crippen molar-refractivity contribution in [3.63, 3.8) is 0 Å². The van der Waals surface area contributed by atoms with Crippen molar-refractivity contribution >= 4 is 49.3 Å². The summed E-state index contributed by atoms with van der Waals surface area (Å²) < 4.78 is 26.1. The lowest BCUT2D eigenvalue weighted by atomic mass is 9.86. The van der Waals surface area contributed by atoms with Crippen LogP contribution >= 0.6 is 0 Å². The number of fused-ring (bicyclic) bond motifs is 1. The first-order valence-corrected chi connectivity index (χ1v) is 20.3. The van der Waals surface area contributed by atoms with Crippen LogP contribution in [0.4, 0.5) is 4.79 Å². The molecule has 4 aromatic carbocycles. The minimum Gasteiger partial charge on any atom is -0.424 e. The highest BCUT2D eigenvalue weighted by atomic mass is 28.4. The van der Waals surface area contributed by atoms with E-state index < -0.39 is 69.2 Å². The normalized spacial score (nSPS) is 23.3. The van der Waals surface area contributed by atoms with Gasteiger partial charge in [0.25, 0.3) is 16.6 Å². The largest absolute Gasteiger partial charge is 0.509 e. The van der Waals surface area contributed by atoms with Crippen molar-refractivity contribution in [1.82, 2.24) is 0 Å². The number of hydrogen-bond donors (Lipinski definition) is 1. The summed E-state index contributed by atoms with van der Waals surface area (Å²) in [6.45, 7) is 12.6. The van der Waals surface area contributed by atoms with Crippen LogP contribution in [0.5, 0.6) is 0 Å². The maximum Gasteiger partial charge on any atom is 0.509 e. The average molecular weight is 681 g/mol. The van der Waals surface area contributed by atoms with Crippen molar-refractivity contribution < 1.29 is 33.0 Å². The van der Waals surface area contributed by atoms with Gasteiger partial charge in [-0.1, -0.05) is 163 Å². The smallest absolute Gasteiger partial charge is 0.424 e. The monoisotopic (exact) mass is 680 g/mol. The van der Waals surface area contributed by atoms with E-state index in [-0.39, 0.29) is 0 Å². The van der Waals surface area contributed by atoms with Crippen LogP contribution in [-0.2, 0) is 23.1 Å². The van der Waals surface area contributed by atoms with E-state index in [1.54, 1.807) is 0 Å². The zero-order valence-corrected chi connectivity index (χ0v) is 30.3. The van der Waals surface area contributed by atoms with E-state index in [2.05, 4.69) is 41.5 Å². The zero-order chi connectivity index (χ0) is 34.3. The molecule has 5 atom stereocenters. The molecule has 1 aliphatic carbocycles. The molecule has 2 fully saturated rings. The molecule has 0 spiro atoms. The topological polar surface area (TPSA) is 91.3 Å². The highest BCUT2D eigenvalue weighted by Crippen LogP contribution is 2.44. The van der Waals surface area contributed by atoms with E-state index in [0.29, 0.717) is 0 Å². The lowest BCUT2D eigenvalue weighted by Crippen LogP contribution is -2.74. The van der Waals surface area contributed by atoms with Crippen molar-refractivity contribution in [2.45, 2.75) is 82.1 Å². The molecule has 2 aliphatic rings. The minimum absolute atomic E-state index is 0.459. The van der Waals surface area contributed by atoms with Gasteiger partial charge in [-0.3, -0.25) is 4.79 Å². The maximum absolute atomic E-state index is 14.6. The Hall–Kier alpha value is -3.87. The summed E-state index contributed by atoms with van der Waals surface area (Å²) in [7, 11) is -6.59. The molecule has 48 heavy (non-hydrogen) atoms. The molecule has 1 N–H and O–H groups in total. The molecular weight excluding hydrogens is 637 g/mol. The number of Topliss-reactive ketones (excluding diaryl/α,β-unsaturated/α-hetero) is 1. The lowest BCUT2D eigenvalue weighted by Gasteiger charge is -2.50. The first-order chi connectivity index (χ1) is 22.8. The molecule has 0 amide bonds. The van der Waals surface area contributed by atoms with E-state index in [9.17, 15) is 14.7 Å². The summed E-state index contributed by atoms with van der Waals surface area (Å²) in [6.07, 6.45) is -7.26. The predicted octanol–water partition coefficient (Wildman–Crippen LogP) is 4.72. The number of benzene rings is 4. The molecule has 0 aromatic heterocycles. The predicted molar refractivity (Wildman–Crippen MR) is 191 cm³/mol. The SMILES string of the molecule is CC(C)(C)[Si](O[C@H]1[C@H]2OC(=O)O[C@@H]2[C@@H](O[Si](c2ccccc2)(c2ccccc2)C(C)(C)C)C(=O)[C@H]1O)(c1ccccc1)c1ccccc1. The van der Waals surface area contributed by atoms with Crippen LogP contribution in [0.15, 0.2) is 121 Å². The summed E-state index contributed by atoms with van der Waals surface area (Å²) in [5.74, 6) is -0.592. The van der Waals surface area contributed by atoms with Gasteiger partial charge in [-0.2, -0.15) is 0 Å². The van der Waals surface area contributed by atoms with Crippen LogP contribution in [0.1, 0.15) is 41.5 Å². The number of ether oxygens (including phenoxy) is 2. The van der Waals surface area contributed by atoms with Gasteiger partial charge >= 0.3 is 6.16 Å². The standard InChI is InChI=1S/C39H44O7Si2/c1-38(2,3)47(27-19-11-7-12-20-27,28-21-13-8-14-22-28)45-33-31(40)32(41)34(36-35(33)43-37(42)44-36)46-48(39(4,5)6,29-23-15-9-16-24-29)30-25-17-10-18-26-30/h7-26,31,33-36,40H,1-6H3/t31-,33-,34+,35-,36-/m1/s1. The molecule has 0 unspecified atom stereocenters. The summed E-state index contributed by atoms with van der Waals surface area (Å²) >= 11 is 0. The number of carbonyl (C=O) groups is 2. The summed E-state index contributed by atoms with van der Waals surface area (Å²) in [6, 6.07) is 39.7. The third-order valence-electron chi connectivity index (χ3n) is 9.74. The molecule has 7 nitrogen and oxygen atoms in total. The quantitative estimate of drug-likeness (QED) is 0.213. The lowest BCUT2D eigenvalue weighted by molar-refractivity contribution is -0.162. The molecule has 0 radical (unpaired) electrons. The number of ketones is 1. The fraction of sp³-hybridized carbons (Fsp3) is 0.333. The third kappa shape index (κ3) is 5.67. The maximum atomic E-state index is 14.6. The molecule has 9 heteroatoms. The van der Waals surface area contributed by atoms with E-state index in [1.165, 1.54) is 0 Å². The van der Waals surface area contributed by atoms with Gasteiger partial charge in [0.05, 0.1) is 0 Å². The first kappa shape index (κ1) is 34.0. The Morgan fingerprint density at radius 2 is 0.875 bits per heavy atom. The Balaban J connectivity index is 1.48. The van der Waals surface area contributed by atoms with Gasteiger partial charge in [0.15, 0.2) is 18.0 Å². The Kier molecular flexibility index (Phi) is 9.12. The second-order valence-electron chi connectivity index (χ2n) is 14.7. The van der Waals surface area contributed by atoms with Crippen LogP contribution in [0, 0.1) is 0 Å². The van der Waals surface area contributed by atoms with Gasteiger partial charge in [-0.05, 0) is 30.8 Å². The van der Waals surface area contributed by atoms with Crippen molar-refractivity contribution in [2.24, 2.45) is 0 Å². The highest BCUT2D eigenvalue weighted by Gasteiger charge is 2.64. The summed E-state index contributed by atoms with van der Waals surface area (Å²) in [4.78, 5) is 27.6. The van der Waals surface area contributed by atoms with Gasteiger partial charge < -0.3 is 23.4 Å². The van der Waals surface area contributed by atoms with E-state index in [0.717, 1.165) is 20.7 Å². The molecule has 1 aliphatic heterocycles. The highest BCUT2D eigenvalue weighted by molar-refractivity contribution is 7.00. The van der Waals surface area contributed by atoms with Crippen LogP contribution in [0.25, 0.3) is 0 Å². The van der Waals surface area contributed by atoms with Gasteiger partial charge in [-0.25, -0.2) is 4.79 Å². The third-order valence-corrected chi connectivity index (χ3v) is 19.8. The van der Waals surface area contributed by atoms with Crippen LogP contribution < -0.4 is 20.7 Å². The Bertz CT molecular complexity index is 1640. The van der Waals surface area contributed by atoms with Crippen LogP contribution in [0.2, 0.25) is 10.1 Å². The molecule has 6 rings (SSSR count). The van der Waals surface area contributed by atoms with E-state index in [4.69, 9.17) is 18.3 Å². The van der Waals surface area contributed by atoms with Gasteiger partial charge in [-0.15, -0.1) is 0 Å². The van der Waals surface area contributed by atoms with E-state index in [1.807, 2.05) is 121 Å². The van der Waals surface area contributed by atoms with Gasteiger partial charge in [0, 0.05) is 0 Å². The fourth-order valence-electron chi connectivity index (χ4n) is 7.58. The number of aliphatic hydroxyl groups excluding tert-OH is 1. The Morgan fingerprint density at radius 1 is 0.542 bits per heavy atom. The number of rotatable bonds is 8. The van der Waals surface area contributed by atoms with Crippen molar-refractivity contribution in [1.29, 1.82) is 0 Å². The number of aliphatic hydroxyl groups is 1. The molecule has 1 heterocycles. The molecular formula is C39H44O7Si2. The summed E-state index contributed by atoms with van der Waals surface area (Å²) in [5, 5.41) is 15.0. The molecule has 250 valence electrons. The minimum atomic E-state index is -3.30. The molecule has 1 saturated heterocycles. The number of carbonyl (C=O) groups excluding carboxylic acids is 2. The summed E-state index contributed by atoms with van der Waals surface area (Å²) in [5.41, 5.74) is 0. The van der Waals surface area contributed by atoms with Crippen molar-refractivity contribution in [2.75, 3.05) is 0 Å². The van der Waals surface area contributed by atoms with E-state index >= 15 is 0 Å². The molecule has 4 aromatic rings. The molecule has 0 bridgehead atoms. The van der Waals surface area contributed by atoms with Crippen LogP contribution in [0.3, 0.4) is 0 Å².